The summed E-state index contributed by atoms with van der Waals surface area (Å²) in [6, 6.07) is 8.58. The largest absolute Gasteiger partial charge is 0.497 e. The minimum absolute atomic E-state index is 0.913. The second-order valence-electron chi connectivity index (χ2n) is 4.76. The zero-order valence-corrected chi connectivity index (χ0v) is 9.86. The summed E-state index contributed by atoms with van der Waals surface area (Å²) in [5.41, 5.74) is 2.69. The molecule has 0 amide bonds. The summed E-state index contributed by atoms with van der Waals surface area (Å²) in [6.07, 6.45) is 2.80. The van der Waals surface area contributed by atoms with E-state index >= 15 is 0 Å². The van der Waals surface area contributed by atoms with E-state index in [1.54, 1.807) is 7.11 Å². The number of rotatable bonds is 3. The number of aryl methyl sites for hydroxylation is 1. The first-order valence-corrected chi connectivity index (χ1v) is 5.92. The Morgan fingerprint density at radius 3 is 2.81 bits per heavy atom. The van der Waals surface area contributed by atoms with Gasteiger partial charge in [-0.15, -0.1) is 0 Å². The maximum Gasteiger partial charge on any atom is 0.119 e. The Kier molecular flexibility index (Phi) is 2.16. The quantitative estimate of drug-likeness (QED) is 0.765. The molecule has 0 spiro atoms. The minimum atomic E-state index is 0.913. The Hall–Kier alpha value is -1.44. The van der Waals surface area contributed by atoms with Crippen LogP contribution in [0.1, 0.15) is 18.5 Å². The molecule has 0 saturated heterocycles. The molecule has 1 aromatic heterocycles. The van der Waals surface area contributed by atoms with Crippen molar-refractivity contribution >= 4 is 10.9 Å². The van der Waals surface area contributed by atoms with Gasteiger partial charge in [-0.2, -0.15) is 0 Å². The molecule has 1 aliphatic rings. The molecule has 2 nitrogen and oxygen atoms in total. The molecule has 0 atom stereocenters. The lowest BCUT2D eigenvalue weighted by atomic mass is 10.2. The molecule has 3 rings (SSSR count). The molecule has 2 heteroatoms. The van der Waals surface area contributed by atoms with Gasteiger partial charge in [0.2, 0.25) is 0 Å². The van der Waals surface area contributed by atoms with Crippen LogP contribution < -0.4 is 4.74 Å². The number of benzene rings is 1. The van der Waals surface area contributed by atoms with Gasteiger partial charge in [0, 0.05) is 23.1 Å². The second-order valence-corrected chi connectivity index (χ2v) is 4.76. The molecule has 1 fully saturated rings. The first-order valence-electron chi connectivity index (χ1n) is 5.92. The lowest BCUT2D eigenvalue weighted by Gasteiger charge is -2.07. The van der Waals surface area contributed by atoms with Crippen LogP contribution in [0.15, 0.2) is 24.3 Å². The van der Waals surface area contributed by atoms with Gasteiger partial charge in [-0.05, 0) is 49.9 Å². The highest BCUT2D eigenvalue weighted by Gasteiger charge is 2.22. The van der Waals surface area contributed by atoms with Gasteiger partial charge < -0.3 is 9.30 Å². The summed E-state index contributed by atoms with van der Waals surface area (Å²) in [5.74, 6) is 1.85. The van der Waals surface area contributed by atoms with Crippen LogP contribution in [0.2, 0.25) is 0 Å². The second kappa shape index (κ2) is 3.55. The van der Waals surface area contributed by atoms with Crippen molar-refractivity contribution in [3.05, 3.63) is 30.0 Å². The molecule has 16 heavy (non-hydrogen) atoms. The third kappa shape index (κ3) is 1.58. The fourth-order valence-corrected chi connectivity index (χ4v) is 2.31. The van der Waals surface area contributed by atoms with E-state index in [9.17, 15) is 0 Å². The lowest BCUT2D eigenvalue weighted by Crippen LogP contribution is -2.01. The molecule has 2 aromatic rings. The van der Waals surface area contributed by atoms with Crippen LogP contribution in [0, 0.1) is 12.8 Å². The molecular formula is C14H17NO. The van der Waals surface area contributed by atoms with Crippen LogP contribution in [-0.4, -0.2) is 11.7 Å². The third-order valence-corrected chi connectivity index (χ3v) is 3.45. The van der Waals surface area contributed by atoms with E-state index in [4.69, 9.17) is 4.74 Å². The van der Waals surface area contributed by atoms with Gasteiger partial charge in [0.1, 0.15) is 5.75 Å². The van der Waals surface area contributed by atoms with Crippen molar-refractivity contribution in [1.82, 2.24) is 4.57 Å². The van der Waals surface area contributed by atoms with Crippen molar-refractivity contribution in [2.75, 3.05) is 7.11 Å². The van der Waals surface area contributed by atoms with Crippen LogP contribution in [0.4, 0.5) is 0 Å². The molecular weight excluding hydrogens is 198 g/mol. The highest BCUT2D eigenvalue weighted by molar-refractivity contribution is 5.82. The van der Waals surface area contributed by atoms with Gasteiger partial charge in [-0.3, -0.25) is 0 Å². The topological polar surface area (TPSA) is 14.2 Å². The molecule has 1 heterocycles. The zero-order valence-electron chi connectivity index (χ0n) is 9.86. The molecule has 1 aromatic carbocycles. The summed E-state index contributed by atoms with van der Waals surface area (Å²) < 4.78 is 7.69. The standard InChI is InChI=1S/C14H17NO/c1-10-7-12-8-13(16-2)5-6-14(12)15(10)9-11-3-4-11/h5-8,11H,3-4,9H2,1-2H3. The van der Waals surface area contributed by atoms with E-state index < -0.39 is 0 Å². The Morgan fingerprint density at radius 1 is 1.31 bits per heavy atom. The van der Waals surface area contributed by atoms with Crippen LogP contribution >= 0.6 is 0 Å². The molecule has 1 saturated carbocycles. The number of ether oxygens (including phenoxy) is 1. The Labute approximate surface area is 95.8 Å². The van der Waals surface area contributed by atoms with Crippen molar-refractivity contribution in [1.29, 1.82) is 0 Å². The summed E-state index contributed by atoms with van der Waals surface area (Å²) in [4.78, 5) is 0. The number of methoxy groups -OCH3 is 1. The van der Waals surface area contributed by atoms with Gasteiger partial charge in [-0.1, -0.05) is 0 Å². The first kappa shape index (κ1) is 9.76. The monoisotopic (exact) mass is 215 g/mol. The Balaban J connectivity index is 2.08. The van der Waals surface area contributed by atoms with E-state index in [1.165, 1.54) is 36.0 Å². The summed E-state index contributed by atoms with van der Waals surface area (Å²) in [5, 5.41) is 1.29. The number of hydrogen-bond donors (Lipinski definition) is 0. The average molecular weight is 215 g/mol. The van der Waals surface area contributed by atoms with Gasteiger partial charge >= 0.3 is 0 Å². The normalized spacial score (nSPS) is 15.6. The highest BCUT2D eigenvalue weighted by Crippen LogP contribution is 2.33. The third-order valence-electron chi connectivity index (χ3n) is 3.45. The number of hydrogen-bond acceptors (Lipinski definition) is 1. The SMILES string of the molecule is COc1ccc2c(c1)cc(C)n2CC1CC1. The van der Waals surface area contributed by atoms with Crippen molar-refractivity contribution in [3.63, 3.8) is 0 Å². The fraction of sp³-hybridized carbons (Fsp3) is 0.429. The summed E-state index contributed by atoms with van der Waals surface area (Å²) in [7, 11) is 1.72. The maximum atomic E-state index is 5.26. The van der Waals surface area contributed by atoms with Crippen LogP contribution in [-0.2, 0) is 6.54 Å². The Bertz CT molecular complexity index is 523. The molecule has 0 N–H and O–H groups in total. The van der Waals surface area contributed by atoms with E-state index in [1.807, 2.05) is 6.07 Å². The summed E-state index contributed by atoms with van der Waals surface area (Å²) >= 11 is 0. The van der Waals surface area contributed by atoms with E-state index in [2.05, 4.69) is 29.7 Å². The average Bonchev–Trinajstić information content (AvgIpc) is 3.04. The minimum Gasteiger partial charge on any atom is -0.497 e. The highest BCUT2D eigenvalue weighted by atomic mass is 16.5. The number of nitrogens with zero attached hydrogens (tertiary/aromatic N) is 1. The van der Waals surface area contributed by atoms with Gasteiger partial charge in [-0.25, -0.2) is 0 Å². The van der Waals surface area contributed by atoms with Crippen molar-refractivity contribution in [2.24, 2.45) is 5.92 Å². The predicted octanol–water partition coefficient (Wildman–Crippen LogP) is 3.37. The van der Waals surface area contributed by atoms with Crippen LogP contribution in [0.3, 0.4) is 0 Å². The fourth-order valence-electron chi connectivity index (χ4n) is 2.31. The maximum absolute atomic E-state index is 5.26. The van der Waals surface area contributed by atoms with E-state index in [-0.39, 0.29) is 0 Å². The predicted molar refractivity (Wildman–Crippen MR) is 66.0 cm³/mol. The molecule has 0 radical (unpaired) electrons. The molecule has 0 unspecified atom stereocenters. The number of aromatic nitrogens is 1. The summed E-state index contributed by atoms with van der Waals surface area (Å²) in [6.45, 7) is 3.37. The molecule has 84 valence electrons. The van der Waals surface area contributed by atoms with Crippen molar-refractivity contribution in [3.8, 4) is 5.75 Å². The Morgan fingerprint density at radius 2 is 2.12 bits per heavy atom. The first-order chi connectivity index (χ1) is 7.78. The van der Waals surface area contributed by atoms with Crippen molar-refractivity contribution in [2.45, 2.75) is 26.3 Å². The van der Waals surface area contributed by atoms with E-state index in [0.29, 0.717) is 0 Å². The van der Waals surface area contributed by atoms with Gasteiger partial charge in [0.15, 0.2) is 0 Å². The zero-order chi connectivity index (χ0) is 11.1. The van der Waals surface area contributed by atoms with Crippen LogP contribution in [0.5, 0.6) is 5.75 Å². The number of fused-ring (bicyclic) bond motifs is 1. The van der Waals surface area contributed by atoms with Crippen LogP contribution in [0.25, 0.3) is 10.9 Å². The van der Waals surface area contributed by atoms with Gasteiger partial charge in [0.05, 0.1) is 7.11 Å². The van der Waals surface area contributed by atoms with Crippen molar-refractivity contribution < 1.29 is 4.74 Å². The van der Waals surface area contributed by atoms with E-state index in [0.717, 1.165) is 11.7 Å². The van der Waals surface area contributed by atoms with Gasteiger partial charge in [0.25, 0.3) is 0 Å². The lowest BCUT2D eigenvalue weighted by molar-refractivity contribution is 0.415. The smallest absolute Gasteiger partial charge is 0.119 e. The molecule has 0 aliphatic heterocycles. The molecule has 0 bridgehead atoms. The molecule has 1 aliphatic carbocycles.